The number of nitrogens with one attached hydrogen (secondary N) is 1. The van der Waals surface area contributed by atoms with Crippen molar-refractivity contribution in [1.82, 2.24) is 5.32 Å². The maximum atomic E-state index is 11.2. The highest BCUT2D eigenvalue weighted by atomic mass is 32.2. The van der Waals surface area contributed by atoms with Gasteiger partial charge in [-0.05, 0) is 26.3 Å². The second kappa shape index (κ2) is 11.8. The zero-order chi connectivity index (χ0) is 20.2. The highest BCUT2D eigenvalue weighted by Gasteiger charge is 2.15. The van der Waals surface area contributed by atoms with Crippen LogP contribution in [-0.4, -0.2) is 56.6 Å². The van der Waals surface area contributed by atoms with Crippen LogP contribution in [0.5, 0.6) is 0 Å². The normalized spacial score (nSPS) is 11.3. The smallest absolute Gasteiger partial charge is 0.246 e. The third-order valence-corrected chi connectivity index (χ3v) is 4.95. The fraction of sp³-hybridized carbons (Fsp3) is 0.526. The summed E-state index contributed by atoms with van der Waals surface area (Å²) >= 11 is 0. The molecule has 0 unspecified atom stereocenters. The van der Waals surface area contributed by atoms with Crippen LogP contribution >= 0.6 is 0 Å². The largest absolute Gasteiger partial charge is 0.748 e. The molecule has 1 N–H and O–H groups in total. The number of amides is 1. The summed E-state index contributed by atoms with van der Waals surface area (Å²) in [7, 11) is -1.88. The van der Waals surface area contributed by atoms with Gasteiger partial charge in [0.05, 0.1) is 42.6 Å². The summed E-state index contributed by atoms with van der Waals surface area (Å²) in [4.78, 5) is 11.2. The van der Waals surface area contributed by atoms with Crippen molar-refractivity contribution in [2.45, 2.75) is 32.9 Å². The topological polar surface area (TPSA) is 86.3 Å². The summed E-state index contributed by atoms with van der Waals surface area (Å²) < 4.78 is 31.8. The molecule has 0 aromatic heterocycles. The SMILES string of the molecule is C=C(C)C(=O)NCCC[N+](C)(CC)CC.O=S(=O)([O-])Cc1ccccc1. The Morgan fingerprint density at radius 1 is 1.19 bits per heavy atom. The molecular weight excluding hydrogens is 352 g/mol. The van der Waals surface area contributed by atoms with Gasteiger partial charge in [-0.25, -0.2) is 8.42 Å². The van der Waals surface area contributed by atoms with Crippen molar-refractivity contribution in [3.05, 3.63) is 48.0 Å². The summed E-state index contributed by atoms with van der Waals surface area (Å²) in [5, 5.41) is 2.85. The molecule has 1 amide bonds. The van der Waals surface area contributed by atoms with Gasteiger partial charge in [0.15, 0.2) is 0 Å². The molecule has 0 spiro atoms. The van der Waals surface area contributed by atoms with Gasteiger partial charge < -0.3 is 14.4 Å². The lowest BCUT2D eigenvalue weighted by Gasteiger charge is -2.32. The van der Waals surface area contributed by atoms with Crippen LogP contribution in [0.2, 0.25) is 0 Å². The maximum Gasteiger partial charge on any atom is 0.246 e. The van der Waals surface area contributed by atoms with Crippen LogP contribution < -0.4 is 5.32 Å². The van der Waals surface area contributed by atoms with Crippen molar-refractivity contribution in [2.75, 3.05) is 33.2 Å². The maximum absolute atomic E-state index is 11.2. The van der Waals surface area contributed by atoms with E-state index < -0.39 is 15.9 Å². The number of carbonyl (C=O) groups is 1. The van der Waals surface area contributed by atoms with Gasteiger partial charge in [0, 0.05) is 18.5 Å². The van der Waals surface area contributed by atoms with Crippen LogP contribution in [0.25, 0.3) is 0 Å². The second-order valence-corrected chi connectivity index (χ2v) is 7.96. The van der Waals surface area contributed by atoms with Crippen LogP contribution in [0.15, 0.2) is 42.5 Å². The summed E-state index contributed by atoms with van der Waals surface area (Å²) in [6, 6.07) is 8.37. The minimum atomic E-state index is -4.13. The molecule has 1 aromatic rings. The lowest BCUT2D eigenvalue weighted by Crippen LogP contribution is -2.45. The molecule has 1 rings (SSSR count). The van der Waals surface area contributed by atoms with E-state index in [0.29, 0.717) is 11.1 Å². The van der Waals surface area contributed by atoms with Gasteiger partial charge in [0.25, 0.3) is 0 Å². The molecule has 0 aliphatic heterocycles. The molecule has 0 bridgehead atoms. The van der Waals surface area contributed by atoms with Gasteiger partial charge in [-0.15, -0.1) is 0 Å². The molecule has 0 aliphatic carbocycles. The number of hydrogen-bond donors (Lipinski definition) is 1. The lowest BCUT2D eigenvalue weighted by molar-refractivity contribution is -0.906. The highest BCUT2D eigenvalue weighted by molar-refractivity contribution is 7.84. The number of quaternary nitrogens is 1. The fourth-order valence-corrected chi connectivity index (χ4v) is 2.73. The zero-order valence-electron chi connectivity index (χ0n) is 16.3. The first-order valence-electron chi connectivity index (χ1n) is 8.77. The molecule has 0 saturated carbocycles. The average molecular weight is 385 g/mol. The van der Waals surface area contributed by atoms with E-state index >= 15 is 0 Å². The number of hydrogen-bond acceptors (Lipinski definition) is 4. The van der Waals surface area contributed by atoms with Crippen molar-refractivity contribution in [3.63, 3.8) is 0 Å². The van der Waals surface area contributed by atoms with E-state index in [0.717, 1.165) is 37.1 Å². The predicted octanol–water partition coefficient (Wildman–Crippen LogP) is 2.29. The number of carbonyl (C=O) groups excluding carboxylic acids is 1. The van der Waals surface area contributed by atoms with Crippen molar-refractivity contribution in [2.24, 2.45) is 0 Å². The Morgan fingerprint density at radius 2 is 1.73 bits per heavy atom. The molecule has 0 aliphatic rings. The summed E-state index contributed by atoms with van der Waals surface area (Å²) in [5.41, 5.74) is 1.11. The lowest BCUT2D eigenvalue weighted by atomic mass is 10.2. The van der Waals surface area contributed by atoms with Crippen LogP contribution in [0, 0.1) is 0 Å². The Kier molecular flexibility index (Phi) is 11.1. The standard InChI is InChI=1S/C12H24N2O.C7H8O3S/c1-6-14(5,7-2)10-8-9-13-12(15)11(3)4;8-11(9,10)6-7-4-2-1-3-5-7/h3,6-10H2,1-2,4-5H3;1-5H,6H2,(H,8,9,10). The first-order chi connectivity index (χ1) is 12.0. The monoisotopic (exact) mass is 384 g/mol. The minimum Gasteiger partial charge on any atom is -0.748 e. The Hall–Kier alpha value is -1.70. The van der Waals surface area contributed by atoms with Crippen LogP contribution in [0.1, 0.15) is 32.8 Å². The molecule has 0 atom stereocenters. The minimum absolute atomic E-state index is 0.0304. The van der Waals surface area contributed by atoms with Crippen molar-refractivity contribution in [1.29, 1.82) is 0 Å². The first-order valence-corrected chi connectivity index (χ1v) is 10.4. The summed E-state index contributed by atoms with van der Waals surface area (Å²) in [5.74, 6) is -0.453. The van der Waals surface area contributed by atoms with Gasteiger partial charge in [0.1, 0.15) is 0 Å². The van der Waals surface area contributed by atoms with Gasteiger partial charge in [-0.2, -0.15) is 0 Å². The van der Waals surface area contributed by atoms with Crippen molar-refractivity contribution in [3.8, 4) is 0 Å². The third-order valence-electron chi connectivity index (χ3n) is 4.26. The van der Waals surface area contributed by atoms with Gasteiger partial charge in [-0.1, -0.05) is 36.9 Å². The average Bonchev–Trinajstić information content (AvgIpc) is 2.58. The molecule has 6 nitrogen and oxygen atoms in total. The first kappa shape index (κ1) is 24.3. The molecule has 0 saturated heterocycles. The number of benzene rings is 1. The molecule has 26 heavy (non-hydrogen) atoms. The van der Waals surface area contributed by atoms with E-state index in [1.54, 1.807) is 37.3 Å². The Morgan fingerprint density at radius 3 is 2.15 bits per heavy atom. The molecule has 148 valence electrons. The van der Waals surface area contributed by atoms with Gasteiger partial charge >= 0.3 is 0 Å². The van der Waals surface area contributed by atoms with E-state index in [1.165, 1.54) is 0 Å². The summed E-state index contributed by atoms with van der Waals surface area (Å²) in [6.45, 7) is 13.9. The van der Waals surface area contributed by atoms with E-state index in [-0.39, 0.29) is 5.91 Å². The third kappa shape index (κ3) is 11.8. The van der Waals surface area contributed by atoms with Gasteiger partial charge in [0.2, 0.25) is 5.91 Å². The van der Waals surface area contributed by atoms with Gasteiger partial charge in [-0.3, -0.25) is 4.79 Å². The Bertz CT molecular complexity index is 653. The van der Waals surface area contributed by atoms with Crippen LogP contribution in [-0.2, 0) is 20.7 Å². The van der Waals surface area contributed by atoms with Crippen molar-refractivity contribution < 1.29 is 22.2 Å². The summed E-state index contributed by atoms with van der Waals surface area (Å²) in [6.07, 6.45) is 1.02. The number of nitrogens with zero attached hydrogens (tertiary/aromatic N) is 1. The quantitative estimate of drug-likeness (QED) is 0.306. The molecule has 0 heterocycles. The van der Waals surface area contributed by atoms with E-state index in [1.807, 2.05) is 0 Å². The Balaban J connectivity index is 0.000000502. The van der Waals surface area contributed by atoms with E-state index in [9.17, 15) is 17.8 Å². The molecule has 0 fully saturated rings. The predicted molar refractivity (Wildman–Crippen MR) is 104 cm³/mol. The molecule has 1 aromatic carbocycles. The zero-order valence-corrected chi connectivity index (χ0v) is 17.1. The van der Waals surface area contributed by atoms with Crippen LogP contribution in [0.4, 0.5) is 0 Å². The van der Waals surface area contributed by atoms with E-state index in [4.69, 9.17) is 0 Å². The van der Waals surface area contributed by atoms with Crippen molar-refractivity contribution >= 4 is 16.0 Å². The Labute approximate surface area is 158 Å². The molecular formula is C19H32N2O4S. The molecule has 0 radical (unpaired) electrons. The van der Waals surface area contributed by atoms with E-state index in [2.05, 4.69) is 32.8 Å². The fourth-order valence-electron chi connectivity index (χ4n) is 2.13. The highest BCUT2D eigenvalue weighted by Crippen LogP contribution is 2.03. The number of rotatable bonds is 9. The second-order valence-electron chi connectivity index (χ2n) is 6.55. The van der Waals surface area contributed by atoms with Crippen LogP contribution in [0.3, 0.4) is 0 Å². The molecule has 7 heteroatoms.